The van der Waals surface area contributed by atoms with Gasteiger partial charge in [-0.3, -0.25) is 0 Å². The van der Waals surface area contributed by atoms with Crippen molar-refractivity contribution < 1.29 is 9.90 Å². The number of urea groups is 1. The lowest BCUT2D eigenvalue weighted by atomic mass is 10.1. The van der Waals surface area contributed by atoms with Crippen LogP contribution in [0.2, 0.25) is 0 Å². The molecule has 0 radical (unpaired) electrons. The molecule has 21 heavy (non-hydrogen) atoms. The summed E-state index contributed by atoms with van der Waals surface area (Å²) in [6.07, 6.45) is 4.74. The molecule has 3 rings (SSSR count). The molecule has 1 fully saturated rings. The molecule has 0 bridgehead atoms. The monoisotopic (exact) mass is 286 g/mol. The number of amides is 2. The van der Waals surface area contributed by atoms with Gasteiger partial charge in [-0.25, -0.2) is 9.48 Å². The Morgan fingerprint density at radius 3 is 3.05 bits per heavy atom. The van der Waals surface area contributed by atoms with E-state index in [0.29, 0.717) is 18.8 Å². The van der Waals surface area contributed by atoms with Gasteiger partial charge in [0.05, 0.1) is 11.8 Å². The smallest absolute Gasteiger partial charge is 0.321 e. The first-order valence-electron chi connectivity index (χ1n) is 7.06. The van der Waals surface area contributed by atoms with E-state index in [1.165, 1.54) is 0 Å². The van der Waals surface area contributed by atoms with Gasteiger partial charge in [0, 0.05) is 31.2 Å². The summed E-state index contributed by atoms with van der Waals surface area (Å²) in [6.45, 7) is 1.08. The molecule has 1 aliphatic rings. The summed E-state index contributed by atoms with van der Waals surface area (Å²) in [6, 6.07) is 9.17. The number of aliphatic hydroxyl groups excluding tert-OH is 1. The molecule has 1 saturated heterocycles. The first-order chi connectivity index (χ1) is 10.2. The Kier molecular flexibility index (Phi) is 3.87. The highest BCUT2D eigenvalue weighted by atomic mass is 16.3. The van der Waals surface area contributed by atoms with Crippen molar-refractivity contribution in [3.8, 4) is 5.69 Å². The quantitative estimate of drug-likeness (QED) is 0.885. The third-order valence-corrected chi connectivity index (χ3v) is 3.55. The topological polar surface area (TPSA) is 70.4 Å². The lowest BCUT2D eigenvalue weighted by Crippen LogP contribution is -2.44. The number of aliphatic hydroxyl groups is 1. The minimum atomic E-state index is -0.417. The van der Waals surface area contributed by atoms with Gasteiger partial charge < -0.3 is 15.3 Å². The summed E-state index contributed by atoms with van der Waals surface area (Å²) in [4.78, 5) is 13.8. The van der Waals surface area contributed by atoms with Gasteiger partial charge in [-0.15, -0.1) is 0 Å². The summed E-state index contributed by atoms with van der Waals surface area (Å²) in [7, 11) is 0. The molecular formula is C15H18N4O2. The predicted molar refractivity (Wildman–Crippen MR) is 79.4 cm³/mol. The normalized spacial score (nSPS) is 18.5. The number of likely N-dealkylation sites (tertiary alicyclic amines) is 1. The van der Waals surface area contributed by atoms with Gasteiger partial charge in [0.25, 0.3) is 0 Å². The van der Waals surface area contributed by atoms with E-state index < -0.39 is 6.10 Å². The molecule has 1 atom stereocenters. The third-order valence-electron chi connectivity index (χ3n) is 3.55. The molecule has 0 unspecified atom stereocenters. The zero-order chi connectivity index (χ0) is 14.7. The standard InChI is InChI=1S/C15H18N4O2/c20-14-6-2-8-18(11-14)15(21)17-12-4-1-5-13(10-12)19-9-3-7-16-19/h1,3-5,7,9-10,14,20H,2,6,8,11H2,(H,17,21)/t14-/m0/s1. The van der Waals surface area contributed by atoms with Gasteiger partial charge in [0.1, 0.15) is 0 Å². The van der Waals surface area contributed by atoms with Gasteiger partial charge in [-0.05, 0) is 37.1 Å². The molecule has 0 aliphatic carbocycles. The van der Waals surface area contributed by atoms with Crippen molar-refractivity contribution in [1.82, 2.24) is 14.7 Å². The van der Waals surface area contributed by atoms with E-state index in [1.807, 2.05) is 36.5 Å². The minimum absolute atomic E-state index is 0.175. The van der Waals surface area contributed by atoms with Crippen molar-refractivity contribution in [1.29, 1.82) is 0 Å². The summed E-state index contributed by atoms with van der Waals surface area (Å²) < 4.78 is 1.74. The van der Waals surface area contributed by atoms with Crippen LogP contribution in [0.3, 0.4) is 0 Å². The highest BCUT2D eigenvalue weighted by molar-refractivity contribution is 5.89. The fourth-order valence-corrected chi connectivity index (χ4v) is 2.49. The van der Waals surface area contributed by atoms with Crippen molar-refractivity contribution in [3.05, 3.63) is 42.7 Å². The molecule has 2 heterocycles. The van der Waals surface area contributed by atoms with Gasteiger partial charge >= 0.3 is 6.03 Å². The van der Waals surface area contributed by atoms with E-state index in [-0.39, 0.29) is 6.03 Å². The summed E-state index contributed by atoms with van der Waals surface area (Å²) in [5.41, 5.74) is 1.60. The first-order valence-corrected chi connectivity index (χ1v) is 7.06. The Hall–Kier alpha value is -2.34. The van der Waals surface area contributed by atoms with Gasteiger partial charge in [-0.1, -0.05) is 6.07 Å². The average molecular weight is 286 g/mol. The second-order valence-corrected chi connectivity index (χ2v) is 5.17. The Balaban J connectivity index is 1.70. The third kappa shape index (κ3) is 3.22. The van der Waals surface area contributed by atoms with Crippen molar-refractivity contribution >= 4 is 11.7 Å². The van der Waals surface area contributed by atoms with Crippen molar-refractivity contribution in [2.24, 2.45) is 0 Å². The van der Waals surface area contributed by atoms with Crippen LogP contribution in [0.1, 0.15) is 12.8 Å². The van der Waals surface area contributed by atoms with Crippen molar-refractivity contribution in [3.63, 3.8) is 0 Å². The number of nitrogens with one attached hydrogen (secondary N) is 1. The molecule has 2 N–H and O–H groups in total. The summed E-state index contributed by atoms with van der Waals surface area (Å²) >= 11 is 0. The van der Waals surface area contributed by atoms with Crippen molar-refractivity contribution in [2.75, 3.05) is 18.4 Å². The van der Waals surface area contributed by atoms with Crippen LogP contribution in [0.4, 0.5) is 10.5 Å². The molecule has 0 saturated carbocycles. The van der Waals surface area contributed by atoms with E-state index in [9.17, 15) is 9.90 Å². The molecule has 1 aromatic heterocycles. The number of hydrogen-bond acceptors (Lipinski definition) is 3. The van der Waals surface area contributed by atoms with Gasteiger partial charge in [0.2, 0.25) is 0 Å². The predicted octanol–water partition coefficient (Wildman–Crippen LogP) is 1.86. The molecule has 6 heteroatoms. The van der Waals surface area contributed by atoms with Crippen LogP contribution in [-0.2, 0) is 0 Å². The highest BCUT2D eigenvalue weighted by Crippen LogP contribution is 2.16. The van der Waals surface area contributed by atoms with Crippen LogP contribution < -0.4 is 5.32 Å². The molecule has 2 amide bonds. The van der Waals surface area contributed by atoms with Crippen LogP contribution in [-0.4, -0.2) is 45.0 Å². The number of nitrogens with zero attached hydrogens (tertiary/aromatic N) is 3. The number of aromatic nitrogens is 2. The van der Waals surface area contributed by atoms with Gasteiger partial charge in [-0.2, -0.15) is 5.10 Å². The molecule has 110 valence electrons. The van der Waals surface area contributed by atoms with E-state index >= 15 is 0 Å². The number of piperidine rings is 1. The maximum Gasteiger partial charge on any atom is 0.321 e. The highest BCUT2D eigenvalue weighted by Gasteiger charge is 2.21. The van der Waals surface area contributed by atoms with E-state index in [4.69, 9.17) is 0 Å². The SMILES string of the molecule is O=C(Nc1cccc(-n2cccn2)c1)N1CCC[C@H](O)C1. The average Bonchev–Trinajstić information content (AvgIpc) is 3.02. The number of β-amino-alcohol motifs (C(OH)–C–C–N with tert-alkyl or cyclic N) is 1. The van der Waals surface area contributed by atoms with E-state index in [1.54, 1.807) is 15.8 Å². The van der Waals surface area contributed by atoms with Crippen LogP contribution in [0.15, 0.2) is 42.7 Å². The number of benzene rings is 1. The van der Waals surface area contributed by atoms with Crippen molar-refractivity contribution in [2.45, 2.75) is 18.9 Å². The lowest BCUT2D eigenvalue weighted by Gasteiger charge is -2.30. The summed E-state index contributed by atoms with van der Waals surface area (Å²) in [5.74, 6) is 0. The molecular weight excluding hydrogens is 268 g/mol. The molecule has 1 aromatic carbocycles. The van der Waals surface area contributed by atoms with Crippen LogP contribution in [0, 0.1) is 0 Å². The Labute approximate surface area is 123 Å². The zero-order valence-electron chi connectivity index (χ0n) is 11.6. The molecule has 6 nitrogen and oxygen atoms in total. The zero-order valence-corrected chi connectivity index (χ0v) is 11.6. The molecule has 1 aliphatic heterocycles. The lowest BCUT2D eigenvalue weighted by molar-refractivity contribution is 0.0883. The number of anilines is 1. The summed E-state index contributed by atoms with van der Waals surface area (Å²) in [5, 5.41) is 16.7. The fourth-order valence-electron chi connectivity index (χ4n) is 2.49. The van der Waals surface area contributed by atoms with Crippen LogP contribution >= 0.6 is 0 Å². The van der Waals surface area contributed by atoms with Crippen LogP contribution in [0.25, 0.3) is 5.69 Å². The second kappa shape index (κ2) is 5.97. The number of hydrogen-bond donors (Lipinski definition) is 2. The largest absolute Gasteiger partial charge is 0.391 e. The molecule has 2 aromatic rings. The van der Waals surface area contributed by atoms with Crippen LogP contribution in [0.5, 0.6) is 0 Å². The Morgan fingerprint density at radius 1 is 1.38 bits per heavy atom. The maximum absolute atomic E-state index is 12.2. The number of carbonyl (C=O) groups excluding carboxylic acids is 1. The fraction of sp³-hybridized carbons (Fsp3) is 0.333. The maximum atomic E-state index is 12.2. The van der Waals surface area contributed by atoms with E-state index in [2.05, 4.69) is 10.4 Å². The second-order valence-electron chi connectivity index (χ2n) is 5.17. The van der Waals surface area contributed by atoms with E-state index in [0.717, 1.165) is 18.5 Å². The molecule has 0 spiro atoms. The Morgan fingerprint density at radius 2 is 2.29 bits per heavy atom. The number of rotatable bonds is 2. The minimum Gasteiger partial charge on any atom is -0.391 e. The Bertz CT molecular complexity index is 612. The number of carbonyl (C=O) groups is 1. The van der Waals surface area contributed by atoms with Gasteiger partial charge in [0.15, 0.2) is 0 Å². The first kappa shape index (κ1) is 13.6.